The van der Waals surface area contributed by atoms with Crippen molar-refractivity contribution in [1.29, 1.82) is 0 Å². The van der Waals surface area contributed by atoms with Crippen LogP contribution in [0.2, 0.25) is 0 Å². The predicted octanol–water partition coefficient (Wildman–Crippen LogP) is 3.96. The number of para-hydroxylation sites is 1. The van der Waals surface area contributed by atoms with Crippen LogP contribution in [-0.4, -0.2) is 14.7 Å². The van der Waals surface area contributed by atoms with Gasteiger partial charge in [-0.1, -0.05) is 31.2 Å². The number of phenolic OH excluding ortho intramolecular Hbond substituents is 1. The average Bonchev–Trinajstić information content (AvgIpc) is 3.11. The number of rotatable bonds is 6. The van der Waals surface area contributed by atoms with E-state index in [4.69, 9.17) is 0 Å². The standard InChI is InChI=1S/C19H20FN3O/c1-2-17(15-5-3-4-6-19(15)24)22-12-14-7-8-18(16(20)11-14)23-10-9-21-13-23/h3-11,13,17,22,24H,2,12H2,1H3. The Morgan fingerprint density at radius 2 is 2.08 bits per heavy atom. The lowest BCUT2D eigenvalue weighted by atomic mass is 10.0. The first-order chi connectivity index (χ1) is 11.7. The number of nitrogens with one attached hydrogen (secondary N) is 1. The predicted molar refractivity (Wildman–Crippen MR) is 91.5 cm³/mol. The van der Waals surface area contributed by atoms with Gasteiger partial charge in [-0.2, -0.15) is 0 Å². The van der Waals surface area contributed by atoms with Gasteiger partial charge in [-0.05, 0) is 30.2 Å². The Bertz CT molecular complexity index is 802. The topological polar surface area (TPSA) is 50.1 Å². The minimum atomic E-state index is -0.289. The second-order valence-electron chi connectivity index (χ2n) is 5.66. The molecule has 0 aliphatic rings. The van der Waals surface area contributed by atoms with Gasteiger partial charge in [0.2, 0.25) is 0 Å². The molecule has 2 aromatic carbocycles. The Morgan fingerprint density at radius 1 is 1.25 bits per heavy atom. The lowest BCUT2D eigenvalue weighted by Gasteiger charge is -2.19. The van der Waals surface area contributed by atoms with Crippen molar-refractivity contribution in [3.8, 4) is 11.4 Å². The molecule has 124 valence electrons. The Morgan fingerprint density at radius 3 is 2.75 bits per heavy atom. The highest BCUT2D eigenvalue weighted by atomic mass is 19.1. The van der Waals surface area contributed by atoms with Gasteiger partial charge < -0.3 is 15.0 Å². The van der Waals surface area contributed by atoms with E-state index >= 15 is 0 Å². The molecule has 0 saturated heterocycles. The number of hydrogen-bond acceptors (Lipinski definition) is 3. The van der Waals surface area contributed by atoms with Crippen molar-refractivity contribution < 1.29 is 9.50 Å². The summed E-state index contributed by atoms with van der Waals surface area (Å²) in [5.41, 5.74) is 2.18. The Kier molecular flexibility index (Phi) is 4.91. The molecule has 1 aromatic heterocycles. The summed E-state index contributed by atoms with van der Waals surface area (Å²) >= 11 is 0. The van der Waals surface area contributed by atoms with Gasteiger partial charge in [-0.15, -0.1) is 0 Å². The maximum Gasteiger partial charge on any atom is 0.147 e. The number of imidazole rings is 1. The molecule has 1 atom stereocenters. The first kappa shape index (κ1) is 16.2. The minimum Gasteiger partial charge on any atom is -0.508 e. The number of hydrogen-bond donors (Lipinski definition) is 2. The van der Waals surface area contributed by atoms with E-state index in [-0.39, 0.29) is 17.6 Å². The van der Waals surface area contributed by atoms with Gasteiger partial charge in [-0.3, -0.25) is 0 Å². The van der Waals surface area contributed by atoms with Gasteiger partial charge in [0.1, 0.15) is 11.6 Å². The van der Waals surface area contributed by atoms with Crippen LogP contribution < -0.4 is 5.32 Å². The fraction of sp³-hybridized carbons (Fsp3) is 0.211. The number of nitrogens with zero attached hydrogens (tertiary/aromatic N) is 2. The molecule has 5 heteroatoms. The lowest BCUT2D eigenvalue weighted by Crippen LogP contribution is -2.20. The first-order valence-electron chi connectivity index (χ1n) is 7.97. The zero-order chi connectivity index (χ0) is 16.9. The molecule has 0 saturated carbocycles. The first-order valence-corrected chi connectivity index (χ1v) is 7.97. The number of aromatic nitrogens is 2. The zero-order valence-electron chi connectivity index (χ0n) is 13.5. The van der Waals surface area contributed by atoms with E-state index in [9.17, 15) is 9.50 Å². The molecule has 0 fully saturated rings. The van der Waals surface area contributed by atoms with Crippen molar-refractivity contribution in [1.82, 2.24) is 14.9 Å². The Hall–Kier alpha value is -2.66. The summed E-state index contributed by atoms with van der Waals surface area (Å²) in [6.45, 7) is 2.57. The Balaban J connectivity index is 1.72. The van der Waals surface area contributed by atoms with Crippen LogP contribution in [0.4, 0.5) is 4.39 Å². The van der Waals surface area contributed by atoms with Crippen molar-refractivity contribution >= 4 is 0 Å². The number of phenols is 1. The van der Waals surface area contributed by atoms with Crippen LogP contribution in [-0.2, 0) is 6.54 Å². The molecule has 0 amide bonds. The monoisotopic (exact) mass is 325 g/mol. The minimum absolute atomic E-state index is 0.0163. The highest BCUT2D eigenvalue weighted by Crippen LogP contribution is 2.26. The van der Waals surface area contributed by atoms with Gasteiger partial charge in [0.15, 0.2) is 0 Å². The Labute approximate surface area is 140 Å². The van der Waals surface area contributed by atoms with Gasteiger partial charge in [0.25, 0.3) is 0 Å². The van der Waals surface area contributed by atoms with Crippen LogP contribution >= 0.6 is 0 Å². The van der Waals surface area contributed by atoms with Crippen molar-refractivity contribution in [3.63, 3.8) is 0 Å². The highest BCUT2D eigenvalue weighted by molar-refractivity contribution is 5.37. The van der Waals surface area contributed by atoms with E-state index in [1.165, 1.54) is 6.07 Å². The molecule has 0 aliphatic carbocycles. The summed E-state index contributed by atoms with van der Waals surface area (Å²) in [5, 5.41) is 13.4. The molecule has 1 unspecified atom stereocenters. The zero-order valence-corrected chi connectivity index (χ0v) is 13.5. The molecule has 0 spiro atoms. The fourth-order valence-electron chi connectivity index (χ4n) is 2.77. The molecule has 4 nitrogen and oxygen atoms in total. The summed E-state index contributed by atoms with van der Waals surface area (Å²) in [4.78, 5) is 3.93. The maximum absolute atomic E-state index is 14.3. The van der Waals surface area contributed by atoms with Crippen LogP contribution in [0.1, 0.15) is 30.5 Å². The van der Waals surface area contributed by atoms with E-state index < -0.39 is 0 Å². The molecule has 24 heavy (non-hydrogen) atoms. The number of halogens is 1. The number of aromatic hydroxyl groups is 1. The summed E-state index contributed by atoms with van der Waals surface area (Å²) in [6.07, 6.45) is 5.73. The van der Waals surface area contributed by atoms with Crippen LogP contribution in [0.3, 0.4) is 0 Å². The lowest BCUT2D eigenvalue weighted by molar-refractivity contribution is 0.440. The largest absolute Gasteiger partial charge is 0.508 e. The van der Waals surface area contributed by atoms with Crippen LogP contribution in [0.15, 0.2) is 61.2 Å². The van der Waals surface area contributed by atoms with Crippen molar-refractivity contribution in [2.24, 2.45) is 0 Å². The highest BCUT2D eigenvalue weighted by Gasteiger charge is 2.13. The third kappa shape index (κ3) is 3.46. The SMILES string of the molecule is CCC(NCc1ccc(-n2ccnc2)c(F)c1)c1ccccc1O. The van der Waals surface area contributed by atoms with Gasteiger partial charge in [0.05, 0.1) is 12.0 Å². The fourth-order valence-corrected chi connectivity index (χ4v) is 2.77. The number of benzene rings is 2. The third-order valence-corrected chi connectivity index (χ3v) is 4.07. The quantitative estimate of drug-likeness (QED) is 0.721. The van der Waals surface area contributed by atoms with Crippen LogP contribution in [0.5, 0.6) is 5.75 Å². The van der Waals surface area contributed by atoms with Gasteiger partial charge in [0, 0.05) is 30.5 Å². The smallest absolute Gasteiger partial charge is 0.147 e. The van der Waals surface area contributed by atoms with Gasteiger partial charge >= 0.3 is 0 Å². The van der Waals surface area contributed by atoms with E-state index in [0.717, 1.165) is 17.5 Å². The van der Waals surface area contributed by atoms with E-state index in [1.807, 2.05) is 25.1 Å². The third-order valence-electron chi connectivity index (χ3n) is 4.07. The second kappa shape index (κ2) is 7.27. The molecule has 1 heterocycles. The second-order valence-corrected chi connectivity index (χ2v) is 5.66. The summed E-state index contributed by atoms with van der Waals surface area (Å²) in [5.74, 6) is -0.0126. The molecule has 3 rings (SSSR count). The van der Waals surface area contributed by atoms with Crippen molar-refractivity contribution in [3.05, 3.63) is 78.1 Å². The molecule has 3 aromatic rings. The molecule has 0 radical (unpaired) electrons. The van der Waals surface area contributed by atoms with Crippen molar-refractivity contribution in [2.45, 2.75) is 25.9 Å². The van der Waals surface area contributed by atoms with Crippen LogP contribution in [0, 0.1) is 5.82 Å². The summed E-state index contributed by atoms with van der Waals surface area (Å²) < 4.78 is 15.9. The van der Waals surface area contributed by atoms with Crippen molar-refractivity contribution in [2.75, 3.05) is 0 Å². The average molecular weight is 325 g/mol. The van der Waals surface area contributed by atoms with E-state index in [0.29, 0.717) is 12.2 Å². The van der Waals surface area contributed by atoms with Gasteiger partial charge in [-0.25, -0.2) is 9.37 Å². The molecule has 0 bridgehead atoms. The normalized spacial score (nSPS) is 12.2. The molecule has 2 N–H and O–H groups in total. The summed E-state index contributed by atoms with van der Waals surface area (Å²) in [6, 6.07) is 12.5. The maximum atomic E-state index is 14.3. The molecular weight excluding hydrogens is 305 g/mol. The molecule has 0 aliphatic heterocycles. The van der Waals surface area contributed by atoms with Crippen LogP contribution in [0.25, 0.3) is 5.69 Å². The molecular formula is C19H20FN3O. The van der Waals surface area contributed by atoms with E-state index in [2.05, 4.69) is 10.3 Å². The summed E-state index contributed by atoms with van der Waals surface area (Å²) in [7, 11) is 0. The van der Waals surface area contributed by atoms with E-state index in [1.54, 1.807) is 41.5 Å².